The molecule has 2 aromatic rings. The van der Waals surface area contributed by atoms with E-state index in [0.717, 1.165) is 11.1 Å². The average Bonchev–Trinajstić information content (AvgIpc) is 2.37. The van der Waals surface area contributed by atoms with Gasteiger partial charge in [-0.3, -0.25) is 4.72 Å². The van der Waals surface area contributed by atoms with E-state index < -0.39 is 10.0 Å². The summed E-state index contributed by atoms with van der Waals surface area (Å²) in [5.74, 6) is 0. The summed E-state index contributed by atoms with van der Waals surface area (Å²) in [6.45, 7) is 3.75. The van der Waals surface area contributed by atoms with E-state index in [0.29, 0.717) is 5.69 Å². The van der Waals surface area contributed by atoms with E-state index >= 15 is 0 Å². The summed E-state index contributed by atoms with van der Waals surface area (Å²) in [4.78, 5) is -0.112. The molecule has 1 N–H and O–H groups in total. The maximum atomic E-state index is 12.4. The molecule has 0 aliphatic carbocycles. The first-order valence-corrected chi connectivity index (χ1v) is 8.57. The molecule has 2 aromatic carbocycles. The van der Waals surface area contributed by atoms with Gasteiger partial charge >= 0.3 is 0 Å². The first-order valence-electron chi connectivity index (χ1n) is 5.95. The van der Waals surface area contributed by atoms with Crippen molar-refractivity contribution in [3.05, 3.63) is 56.5 Å². The highest BCUT2D eigenvalue weighted by Gasteiger charge is 2.20. The molecular formula is C14H12Cl3NO2S. The van der Waals surface area contributed by atoms with Crippen LogP contribution in [0, 0.1) is 13.8 Å². The number of hydrogen-bond acceptors (Lipinski definition) is 2. The molecule has 0 unspecified atom stereocenters. The monoisotopic (exact) mass is 363 g/mol. The summed E-state index contributed by atoms with van der Waals surface area (Å²) in [5, 5.41) is 0.343. The standard InChI is InChI=1S/C14H12Cl3NO2S/c1-8-3-4-13(9(2)5-8)18-21(19,20)14-7-11(16)10(15)6-12(14)17/h3-7,18H,1-2H3. The van der Waals surface area contributed by atoms with Crippen LogP contribution in [0.2, 0.25) is 15.1 Å². The molecule has 0 aliphatic rings. The van der Waals surface area contributed by atoms with Crippen LogP contribution >= 0.6 is 34.8 Å². The van der Waals surface area contributed by atoms with Crippen molar-refractivity contribution in [3.8, 4) is 0 Å². The largest absolute Gasteiger partial charge is 0.279 e. The molecule has 0 saturated carbocycles. The summed E-state index contributed by atoms with van der Waals surface area (Å²) < 4.78 is 27.4. The van der Waals surface area contributed by atoms with Gasteiger partial charge in [0.05, 0.1) is 20.8 Å². The minimum absolute atomic E-state index is 0.0154. The van der Waals surface area contributed by atoms with Crippen LogP contribution in [0.1, 0.15) is 11.1 Å². The maximum absolute atomic E-state index is 12.4. The van der Waals surface area contributed by atoms with Gasteiger partial charge in [-0.2, -0.15) is 0 Å². The quantitative estimate of drug-likeness (QED) is 0.773. The van der Waals surface area contributed by atoms with Crippen molar-refractivity contribution in [1.82, 2.24) is 0 Å². The molecule has 7 heteroatoms. The first kappa shape index (κ1) is 16.4. The lowest BCUT2D eigenvalue weighted by Gasteiger charge is -2.13. The molecule has 0 aliphatic heterocycles. The Morgan fingerprint density at radius 2 is 1.52 bits per heavy atom. The Morgan fingerprint density at radius 3 is 2.14 bits per heavy atom. The number of hydrogen-bond donors (Lipinski definition) is 1. The highest BCUT2D eigenvalue weighted by molar-refractivity contribution is 7.92. The summed E-state index contributed by atoms with van der Waals surface area (Å²) in [5.41, 5.74) is 2.35. The lowest BCUT2D eigenvalue weighted by Crippen LogP contribution is -2.14. The van der Waals surface area contributed by atoms with Gasteiger partial charge in [0.15, 0.2) is 0 Å². The van der Waals surface area contributed by atoms with Crippen LogP contribution in [0.3, 0.4) is 0 Å². The topological polar surface area (TPSA) is 46.2 Å². The van der Waals surface area contributed by atoms with Crippen LogP contribution in [0.25, 0.3) is 0 Å². The van der Waals surface area contributed by atoms with Gasteiger partial charge in [-0.15, -0.1) is 0 Å². The molecule has 2 rings (SSSR count). The van der Waals surface area contributed by atoms with E-state index in [-0.39, 0.29) is 20.0 Å². The normalized spacial score (nSPS) is 11.5. The SMILES string of the molecule is Cc1ccc(NS(=O)(=O)c2cc(Cl)c(Cl)cc2Cl)c(C)c1. The molecule has 0 heterocycles. The van der Waals surface area contributed by atoms with Gasteiger partial charge in [-0.25, -0.2) is 8.42 Å². The third-order valence-corrected chi connectivity index (χ3v) is 5.44. The van der Waals surface area contributed by atoms with Gasteiger partial charge in [0, 0.05) is 0 Å². The number of aryl methyl sites for hydroxylation is 2. The molecule has 112 valence electrons. The fraction of sp³-hybridized carbons (Fsp3) is 0.143. The van der Waals surface area contributed by atoms with Crippen molar-refractivity contribution in [2.75, 3.05) is 4.72 Å². The number of halogens is 3. The lowest BCUT2D eigenvalue weighted by atomic mass is 10.1. The number of nitrogens with one attached hydrogen (secondary N) is 1. The zero-order chi connectivity index (χ0) is 15.8. The predicted molar refractivity (Wildman–Crippen MR) is 88.2 cm³/mol. The van der Waals surface area contributed by atoms with Crippen molar-refractivity contribution in [3.63, 3.8) is 0 Å². The molecule has 0 atom stereocenters. The smallest absolute Gasteiger partial charge is 0.263 e. The van der Waals surface area contributed by atoms with Crippen molar-refractivity contribution in [2.24, 2.45) is 0 Å². The Morgan fingerprint density at radius 1 is 0.905 bits per heavy atom. The molecule has 0 bridgehead atoms. The second-order valence-electron chi connectivity index (χ2n) is 4.62. The zero-order valence-electron chi connectivity index (χ0n) is 11.2. The molecule has 0 spiro atoms. The van der Waals surface area contributed by atoms with Gasteiger partial charge in [0.2, 0.25) is 0 Å². The van der Waals surface area contributed by atoms with Gasteiger partial charge in [-0.05, 0) is 37.6 Å². The summed E-state index contributed by atoms with van der Waals surface area (Å²) in [7, 11) is -3.84. The van der Waals surface area contributed by atoms with Crippen molar-refractivity contribution >= 4 is 50.5 Å². The van der Waals surface area contributed by atoms with Gasteiger partial charge in [0.25, 0.3) is 10.0 Å². The lowest BCUT2D eigenvalue weighted by molar-refractivity contribution is 0.601. The second-order valence-corrected chi connectivity index (χ2v) is 7.49. The Bertz CT molecular complexity index is 804. The second kappa shape index (κ2) is 6.05. The number of benzene rings is 2. The van der Waals surface area contributed by atoms with Crippen molar-refractivity contribution in [2.45, 2.75) is 18.7 Å². The summed E-state index contributed by atoms with van der Waals surface area (Å²) in [6, 6.07) is 7.95. The number of sulfonamides is 1. The van der Waals surface area contributed by atoms with Crippen LogP contribution in [-0.4, -0.2) is 8.42 Å². The third-order valence-electron chi connectivity index (χ3n) is 2.89. The molecule has 0 amide bonds. The van der Waals surface area contributed by atoms with E-state index in [1.807, 2.05) is 26.0 Å². The van der Waals surface area contributed by atoms with Crippen LogP contribution in [-0.2, 0) is 10.0 Å². The molecule has 0 fully saturated rings. The summed E-state index contributed by atoms with van der Waals surface area (Å²) >= 11 is 17.6. The maximum Gasteiger partial charge on any atom is 0.263 e. The van der Waals surface area contributed by atoms with Crippen LogP contribution in [0.5, 0.6) is 0 Å². The molecule has 21 heavy (non-hydrogen) atoms. The highest BCUT2D eigenvalue weighted by Crippen LogP contribution is 2.32. The fourth-order valence-corrected chi connectivity index (χ4v) is 3.97. The molecule has 0 aromatic heterocycles. The Labute approximate surface area is 138 Å². The molecule has 3 nitrogen and oxygen atoms in total. The van der Waals surface area contributed by atoms with E-state index in [9.17, 15) is 8.42 Å². The summed E-state index contributed by atoms with van der Waals surface area (Å²) in [6.07, 6.45) is 0. The van der Waals surface area contributed by atoms with Crippen LogP contribution in [0.4, 0.5) is 5.69 Å². The highest BCUT2D eigenvalue weighted by atomic mass is 35.5. The van der Waals surface area contributed by atoms with Gasteiger partial charge in [0.1, 0.15) is 4.90 Å². The first-order chi connectivity index (χ1) is 9.70. The van der Waals surface area contributed by atoms with E-state index in [1.54, 1.807) is 6.07 Å². The van der Waals surface area contributed by atoms with Gasteiger partial charge in [-0.1, -0.05) is 52.5 Å². The van der Waals surface area contributed by atoms with E-state index in [1.165, 1.54) is 12.1 Å². The zero-order valence-corrected chi connectivity index (χ0v) is 14.3. The van der Waals surface area contributed by atoms with E-state index in [4.69, 9.17) is 34.8 Å². The van der Waals surface area contributed by atoms with E-state index in [2.05, 4.69) is 4.72 Å². The Kier molecular flexibility index (Phi) is 4.73. The van der Waals surface area contributed by atoms with Crippen molar-refractivity contribution in [1.29, 1.82) is 0 Å². The van der Waals surface area contributed by atoms with Gasteiger partial charge < -0.3 is 0 Å². The van der Waals surface area contributed by atoms with Crippen LogP contribution in [0.15, 0.2) is 35.2 Å². The minimum Gasteiger partial charge on any atom is -0.279 e. The minimum atomic E-state index is -3.84. The number of rotatable bonds is 3. The molecular weight excluding hydrogens is 353 g/mol. The fourth-order valence-electron chi connectivity index (χ4n) is 1.84. The van der Waals surface area contributed by atoms with Crippen molar-refractivity contribution < 1.29 is 8.42 Å². The Hall–Kier alpha value is -0.940. The molecule has 0 saturated heterocycles. The van der Waals surface area contributed by atoms with Crippen LogP contribution < -0.4 is 4.72 Å². The Balaban J connectivity index is 2.46. The predicted octanol–water partition coefficient (Wildman–Crippen LogP) is 5.06. The molecule has 0 radical (unpaired) electrons. The average molecular weight is 365 g/mol. The third kappa shape index (κ3) is 3.64. The number of anilines is 1.